The van der Waals surface area contributed by atoms with Crippen LogP contribution in [0.2, 0.25) is 0 Å². The number of carboxylic acid groups (broad SMARTS) is 1. The predicted molar refractivity (Wildman–Crippen MR) is 66.7 cm³/mol. The molecule has 1 heterocycles. The molecule has 19 heavy (non-hydrogen) atoms. The minimum absolute atomic E-state index is 0.0725. The van der Waals surface area contributed by atoms with E-state index < -0.39 is 16.0 Å². The molecule has 1 aromatic rings. The average Bonchev–Trinajstić information content (AvgIpc) is 2.39. The van der Waals surface area contributed by atoms with Crippen molar-refractivity contribution < 1.29 is 18.3 Å². The summed E-state index contributed by atoms with van der Waals surface area (Å²) in [6.45, 7) is 0. The number of halogens is 1. The van der Waals surface area contributed by atoms with Gasteiger partial charge in [-0.15, -0.1) is 5.10 Å². The van der Waals surface area contributed by atoms with E-state index in [1.165, 1.54) is 24.3 Å². The molecule has 0 saturated heterocycles. The van der Waals surface area contributed by atoms with E-state index in [1.807, 2.05) is 0 Å². The number of carboxylic acids is 1. The van der Waals surface area contributed by atoms with Crippen LogP contribution in [0.5, 0.6) is 0 Å². The molecular weight excluding hydrogens is 294 g/mol. The lowest BCUT2D eigenvalue weighted by atomic mass is 10.2. The smallest absolute Gasteiger partial charge is 0.335 e. The van der Waals surface area contributed by atoms with Crippen LogP contribution >= 0.6 is 11.6 Å². The number of benzene rings is 1. The minimum atomic E-state index is -4.05. The monoisotopic (exact) mass is 300 g/mol. The largest absolute Gasteiger partial charge is 0.478 e. The average molecular weight is 301 g/mol. The van der Waals surface area contributed by atoms with E-state index in [1.54, 1.807) is 0 Å². The van der Waals surface area contributed by atoms with Gasteiger partial charge in [-0.1, -0.05) is 22.2 Å². The van der Waals surface area contributed by atoms with Gasteiger partial charge in [0.05, 0.1) is 16.7 Å². The third kappa shape index (κ3) is 2.69. The van der Waals surface area contributed by atoms with E-state index in [9.17, 15) is 13.2 Å². The van der Waals surface area contributed by atoms with Crippen LogP contribution in [-0.4, -0.2) is 29.2 Å². The number of hydrogen-bond donors (Lipinski definition) is 2. The Morgan fingerprint density at radius 2 is 2.21 bits per heavy atom. The van der Waals surface area contributed by atoms with Crippen molar-refractivity contribution in [3.8, 4) is 0 Å². The Hall–Kier alpha value is -2.06. The van der Waals surface area contributed by atoms with Crippen LogP contribution in [0.25, 0.3) is 0 Å². The number of hydrazine groups is 1. The van der Waals surface area contributed by atoms with Gasteiger partial charge in [0.15, 0.2) is 5.17 Å². The standard InChI is InChI=1S/C10H7ClN3O4S/c11-9-4-5-12-14(13-9)19(17,18)8-3-1-2-7(6-8)10(15)16/h1-4,6,12H,(H,15,16). The van der Waals surface area contributed by atoms with Gasteiger partial charge < -0.3 is 5.11 Å². The summed E-state index contributed by atoms with van der Waals surface area (Å²) in [5.41, 5.74) is 2.11. The van der Waals surface area contributed by atoms with Crippen LogP contribution in [0.4, 0.5) is 0 Å². The van der Waals surface area contributed by atoms with E-state index in [0.717, 1.165) is 6.07 Å². The molecule has 0 fully saturated rings. The molecule has 7 nitrogen and oxygen atoms in total. The molecule has 0 atom stereocenters. The van der Waals surface area contributed by atoms with Crippen molar-refractivity contribution in [1.82, 2.24) is 9.95 Å². The fourth-order valence-corrected chi connectivity index (χ4v) is 2.56. The number of sulfonamides is 1. The Morgan fingerprint density at radius 1 is 1.47 bits per heavy atom. The zero-order valence-corrected chi connectivity index (χ0v) is 10.8. The number of carbonyl (C=O) groups is 1. The van der Waals surface area contributed by atoms with Crippen molar-refractivity contribution in [1.29, 1.82) is 0 Å². The van der Waals surface area contributed by atoms with Crippen molar-refractivity contribution in [3.05, 3.63) is 42.1 Å². The topological polar surface area (TPSA) is 99.1 Å². The number of nitrogens with one attached hydrogen (secondary N) is 1. The number of aromatic carboxylic acids is 1. The summed E-state index contributed by atoms with van der Waals surface area (Å²) in [7, 11) is -4.05. The van der Waals surface area contributed by atoms with E-state index in [4.69, 9.17) is 16.7 Å². The van der Waals surface area contributed by atoms with E-state index >= 15 is 0 Å². The van der Waals surface area contributed by atoms with Gasteiger partial charge >= 0.3 is 5.97 Å². The highest BCUT2D eigenvalue weighted by Gasteiger charge is 2.25. The molecule has 0 unspecified atom stereocenters. The lowest BCUT2D eigenvalue weighted by molar-refractivity contribution is 0.0696. The molecular formula is C10H7ClN3O4S. The van der Waals surface area contributed by atoms with Gasteiger partial charge in [0.2, 0.25) is 0 Å². The van der Waals surface area contributed by atoms with E-state index in [0.29, 0.717) is 4.52 Å². The van der Waals surface area contributed by atoms with Crippen LogP contribution in [0.3, 0.4) is 0 Å². The van der Waals surface area contributed by atoms with E-state index in [-0.39, 0.29) is 15.6 Å². The van der Waals surface area contributed by atoms with Crippen molar-refractivity contribution in [2.24, 2.45) is 5.10 Å². The summed E-state index contributed by atoms with van der Waals surface area (Å²) in [4.78, 5) is 10.6. The van der Waals surface area contributed by atoms with Gasteiger partial charge in [0.25, 0.3) is 10.0 Å². The first kappa shape index (κ1) is 13.4. The van der Waals surface area contributed by atoms with Crippen LogP contribution in [0.15, 0.2) is 40.3 Å². The molecule has 99 valence electrons. The number of allylic oxidation sites excluding steroid dienone is 1. The summed E-state index contributed by atoms with van der Waals surface area (Å²) in [5.74, 6) is -1.23. The first-order valence-corrected chi connectivity index (χ1v) is 6.70. The van der Waals surface area contributed by atoms with Gasteiger partial charge in [-0.25, -0.2) is 4.79 Å². The summed E-state index contributed by atoms with van der Waals surface area (Å²) < 4.78 is 24.8. The number of hydrazone groups is 1. The van der Waals surface area contributed by atoms with Gasteiger partial charge in [0.1, 0.15) is 0 Å². The summed E-state index contributed by atoms with van der Waals surface area (Å²) in [6, 6.07) is 4.89. The van der Waals surface area contributed by atoms with Crippen molar-refractivity contribution >= 4 is 32.8 Å². The summed E-state index contributed by atoms with van der Waals surface area (Å²) in [6.07, 6.45) is 3.64. The van der Waals surface area contributed by atoms with E-state index in [2.05, 4.69) is 16.7 Å². The Bertz CT molecular complexity index is 684. The number of hydrogen-bond acceptors (Lipinski definition) is 5. The van der Waals surface area contributed by atoms with Gasteiger partial charge in [-0.2, -0.15) is 8.42 Å². The number of rotatable bonds is 3. The zero-order valence-electron chi connectivity index (χ0n) is 9.24. The van der Waals surface area contributed by atoms with Crippen molar-refractivity contribution in [2.75, 3.05) is 0 Å². The van der Waals surface area contributed by atoms with Crippen LogP contribution < -0.4 is 5.43 Å². The normalized spacial score (nSPS) is 14.8. The first-order chi connectivity index (χ1) is 8.91. The van der Waals surface area contributed by atoms with Gasteiger partial charge in [0, 0.05) is 6.08 Å². The quantitative estimate of drug-likeness (QED) is 0.858. The highest BCUT2D eigenvalue weighted by molar-refractivity contribution is 7.89. The second-order valence-corrected chi connectivity index (χ2v) is 5.56. The second-order valence-electron chi connectivity index (χ2n) is 3.40. The highest BCUT2D eigenvalue weighted by Crippen LogP contribution is 2.17. The minimum Gasteiger partial charge on any atom is -0.478 e. The SMILES string of the molecule is O=C(O)c1cccc(S(=O)(=O)N2N=C(Cl)C=[C]N2)c1. The van der Waals surface area contributed by atoms with Crippen molar-refractivity contribution in [3.63, 3.8) is 0 Å². The molecule has 0 spiro atoms. The van der Waals surface area contributed by atoms with Crippen LogP contribution in [-0.2, 0) is 10.0 Å². The molecule has 1 aliphatic rings. The third-order valence-corrected chi connectivity index (χ3v) is 3.81. The first-order valence-electron chi connectivity index (χ1n) is 4.88. The molecule has 0 amide bonds. The summed E-state index contributed by atoms with van der Waals surface area (Å²) >= 11 is 5.58. The molecule has 9 heteroatoms. The molecule has 1 aliphatic heterocycles. The molecule has 0 aliphatic carbocycles. The third-order valence-electron chi connectivity index (χ3n) is 2.14. The highest BCUT2D eigenvalue weighted by atomic mass is 35.5. The number of nitrogens with zero attached hydrogens (tertiary/aromatic N) is 2. The van der Waals surface area contributed by atoms with Crippen LogP contribution in [0, 0.1) is 6.20 Å². The molecule has 0 saturated carbocycles. The fourth-order valence-electron chi connectivity index (χ4n) is 1.29. The molecule has 1 aromatic carbocycles. The Labute approximate surface area is 113 Å². The maximum absolute atomic E-state index is 12.2. The summed E-state index contributed by atoms with van der Waals surface area (Å²) in [5, 5.41) is 12.3. The van der Waals surface area contributed by atoms with Gasteiger partial charge in [-0.3, -0.25) is 5.43 Å². The molecule has 2 rings (SSSR count). The maximum atomic E-state index is 12.2. The second kappa shape index (κ2) is 4.90. The Morgan fingerprint density at radius 3 is 2.84 bits per heavy atom. The molecule has 1 radical (unpaired) electrons. The molecule has 0 aromatic heterocycles. The lowest BCUT2D eigenvalue weighted by Crippen LogP contribution is -2.38. The molecule has 2 N–H and O–H groups in total. The van der Waals surface area contributed by atoms with Gasteiger partial charge in [-0.05, 0) is 18.2 Å². The van der Waals surface area contributed by atoms with Crippen molar-refractivity contribution in [2.45, 2.75) is 4.90 Å². The molecule has 0 bridgehead atoms. The Kier molecular flexibility index (Phi) is 3.45. The fraction of sp³-hybridized carbons (Fsp3) is 0. The zero-order chi connectivity index (χ0) is 14.0. The Balaban J connectivity index is 2.43. The lowest BCUT2D eigenvalue weighted by Gasteiger charge is -2.20. The van der Waals surface area contributed by atoms with Crippen LogP contribution in [0.1, 0.15) is 10.4 Å². The maximum Gasteiger partial charge on any atom is 0.335 e. The predicted octanol–water partition coefficient (Wildman–Crippen LogP) is 0.763.